The van der Waals surface area contributed by atoms with Crippen molar-refractivity contribution in [3.63, 3.8) is 0 Å². The van der Waals surface area contributed by atoms with Crippen molar-refractivity contribution in [2.45, 2.75) is 6.92 Å². The first-order valence-corrected chi connectivity index (χ1v) is 10.4. The third kappa shape index (κ3) is 6.78. The fraction of sp³-hybridized carbons (Fsp3) is 0.0800. The van der Waals surface area contributed by atoms with E-state index >= 15 is 0 Å². The van der Waals surface area contributed by atoms with Gasteiger partial charge in [-0.25, -0.2) is 0 Å². The molecule has 0 saturated carbocycles. The van der Waals surface area contributed by atoms with Gasteiger partial charge in [-0.2, -0.15) is 0 Å². The van der Waals surface area contributed by atoms with E-state index < -0.39 is 5.91 Å². The van der Waals surface area contributed by atoms with Gasteiger partial charge in [0.2, 0.25) is 5.91 Å². The van der Waals surface area contributed by atoms with Gasteiger partial charge >= 0.3 is 0 Å². The van der Waals surface area contributed by atoms with E-state index in [9.17, 15) is 9.59 Å². The molecule has 3 aromatic carbocycles. The minimum atomic E-state index is -0.419. The van der Waals surface area contributed by atoms with Crippen molar-refractivity contribution >= 4 is 35.2 Å². The maximum absolute atomic E-state index is 12.3. The van der Waals surface area contributed by atoms with Crippen molar-refractivity contribution in [2.75, 3.05) is 6.61 Å². The first-order valence-electron chi connectivity index (χ1n) is 10.0. The molecule has 0 saturated heterocycles. The second-order valence-corrected chi connectivity index (χ2v) is 7.08. The SMILES string of the molecule is CCOc1ccc(/C=C/C(=O)NC(=S)NNC(=O)c2ccc(-c3ccccc3)cc2)cc1. The molecule has 0 bridgehead atoms. The summed E-state index contributed by atoms with van der Waals surface area (Å²) < 4.78 is 5.38. The lowest BCUT2D eigenvalue weighted by Gasteiger charge is -2.10. The minimum absolute atomic E-state index is 0.0133. The van der Waals surface area contributed by atoms with Crippen LogP contribution in [0.15, 0.2) is 84.9 Å². The first-order chi connectivity index (χ1) is 15.5. The molecule has 7 heteroatoms. The van der Waals surface area contributed by atoms with Crippen LogP contribution in [0.25, 0.3) is 17.2 Å². The van der Waals surface area contributed by atoms with Crippen LogP contribution >= 0.6 is 12.2 Å². The molecule has 0 fully saturated rings. The fourth-order valence-electron chi connectivity index (χ4n) is 2.83. The van der Waals surface area contributed by atoms with Crippen LogP contribution in [0.5, 0.6) is 5.75 Å². The molecule has 6 nitrogen and oxygen atoms in total. The molecule has 3 rings (SSSR count). The van der Waals surface area contributed by atoms with Crippen LogP contribution in [0.1, 0.15) is 22.8 Å². The van der Waals surface area contributed by atoms with Gasteiger partial charge in [0.15, 0.2) is 5.11 Å². The lowest BCUT2D eigenvalue weighted by Crippen LogP contribution is -2.48. The summed E-state index contributed by atoms with van der Waals surface area (Å²) in [5.74, 6) is -0.0195. The van der Waals surface area contributed by atoms with Crippen molar-refractivity contribution in [3.05, 3.63) is 96.1 Å². The summed E-state index contributed by atoms with van der Waals surface area (Å²) in [4.78, 5) is 24.3. The summed E-state index contributed by atoms with van der Waals surface area (Å²) in [6, 6.07) is 24.4. The number of nitrogens with one attached hydrogen (secondary N) is 3. The highest BCUT2D eigenvalue weighted by Gasteiger charge is 2.07. The maximum Gasteiger partial charge on any atom is 0.269 e. The Bertz CT molecular complexity index is 1100. The minimum Gasteiger partial charge on any atom is -0.494 e. The number of carbonyl (C=O) groups is 2. The second kappa shape index (κ2) is 11.4. The molecule has 32 heavy (non-hydrogen) atoms. The van der Waals surface area contributed by atoms with E-state index in [0.717, 1.165) is 22.4 Å². The quantitative estimate of drug-likeness (QED) is 0.302. The van der Waals surface area contributed by atoms with Crippen LogP contribution in [0, 0.1) is 0 Å². The average molecular weight is 446 g/mol. The second-order valence-electron chi connectivity index (χ2n) is 6.68. The smallest absolute Gasteiger partial charge is 0.269 e. The van der Waals surface area contributed by atoms with Crippen LogP contribution in [-0.2, 0) is 4.79 Å². The normalized spacial score (nSPS) is 10.4. The van der Waals surface area contributed by atoms with Gasteiger partial charge in [0.25, 0.3) is 5.91 Å². The summed E-state index contributed by atoms with van der Waals surface area (Å²) >= 11 is 5.05. The van der Waals surface area contributed by atoms with Gasteiger partial charge in [0, 0.05) is 11.6 Å². The molecule has 3 aromatic rings. The topological polar surface area (TPSA) is 79.5 Å². The monoisotopic (exact) mass is 445 g/mol. The van der Waals surface area contributed by atoms with Gasteiger partial charge in [-0.3, -0.25) is 25.8 Å². The van der Waals surface area contributed by atoms with Crippen LogP contribution in [0.4, 0.5) is 0 Å². The van der Waals surface area contributed by atoms with Crippen LogP contribution in [0.3, 0.4) is 0 Å². The summed E-state index contributed by atoms with van der Waals surface area (Å²) in [6.45, 7) is 2.51. The molecular weight excluding hydrogens is 422 g/mol. The molecule has 0 aromatic heterocycles. The lowest BCUT2D eigenvalue weighted by molar-refractivity contribution is -0.115. The number of thiocarbonyl (C=S) groups is 1. The third-order valence-corrected chi connectivity index (χ3v) is 4.60. The van der Waals surface area contributed by atoms with Gasteiger partial charge in [-0.05, 0) is 66.2 Å². The van der Waals surface area contributed by atoms with Gasteiger partial charge in [-0.1, -0.05) is 54.6 Å². The molecule has 2 amide bonds. The molecule has 0 unspecified atom stereocenters. The third-order valence-electron chi connectivity index (χ3n) is 4.40. The number of benzene rings is 3. The molecule has 0 atom stereocenters. The fourth-order valence-corrected chi connectivity index (χ4v) is 2.98. The Kier molecular flexibility index (Phi) is 8.11. The Morgan fingerprint density at radius 2 is 1.53 bits per heavy atom. The standard InChI is InChI=1S/C25H23N3O3S/c1-2-31-22-15-8-18(9-16-22)10-17-23(29)26-25(32)28-27-24(30)21-13-11-20(12-14-21)19-6-4-3-5-7-19/h3-17H,2H2,1H3,(H,27,30)(H2,26,28,29,32)/b17-10+. The van der Waals surface area contributed by atoms with E-state index in [1.807, 2.05) is 73.7 Å². The Balaban J connectivity index is 1.45. The molecule has 0 spiro atoms. The van der Waals surface area contributed by atoms with Crippen LogP contribution in [-0.4, -0.2) is 23.5 Å². The lowest BCUT2D eigenvalue weighted by atomic mass is 10.0. The molecule has 0 heterocycles. The van der Waals surface area contributed by atoms with Gasteiger partial charge < -0.3 is 4.74 Å². The van der Waals surface area contributed by atoms with Crippen molar-refractivity contribution in [1.82, 2.24) is 16.2 Å². The van der Waals surface area contributed by atoms with Crippen molar-refractivity contribution in [1.29, 1.82) is 0 Å². The largest absolute Gasteiger partial charge is 0.494 e. The van der Waals surface area contributed by atoms with Gasteiger partial charge in [-0.15, -0.1) is 0 Å². The van der Waals surface area contributed by atoms with E-state index in [1.165, 1.54) is 6.08 Å². The van der Waals surface area contributed by atoms with E-state index in [2.05, 4.69) is 16.2 Å². The summed E-state index contributed by atoms with van der Waals surface area (Å²) in [6.07, 6.45) is 3.01. The molecule has 3 N–H and O–H groups in total. The Hall–Kier alpha value is -3.97. The summed E-state index contributed by atoms with van der Waals surface area (Å²) in [5.41, 5.74) is 8.38. The highest BCUT2D eigenvalue weighted by atomic mass is 32.1. The number of hydrazine groups is 1. The number of amides is 2. The van der Waals surface area contributed by atoms with E-state index in [4.69, 9.17) is 17.0 Å². The predicted octanol–water partition coefficient (Wildman–Crippen LogP) is 4.10. The Morgan fingerprint density at radius 1 is 0.875 bits per heavy atom. The Labute approximate surface area is 192 Å². The van der Waals surface area contributed by atoms with Gasteiger partial charge in [0.05, 0.1) is 6.61 Å². The zero-order valence-corrected chi connectivity index (χ0v) is 18.3. The molecule has 0 radical (unpaired) electrons. The molecule has 0 aliphatic heterocycles. The molecular formula is C25H23N3O3S. The summed E-state index contributed by atoms with van der Waals surface area (Å²) in [5, 5.41) is 2.46. The number of rotatable bonds is 6. The highest BCUT2D eigenvalue weighted by molar-refractivity contribution is 7.80. The van der Waals surface area contributed by atoms with Crippen molar-refractivity contribution in [2.24, 2.45) is 0 Å². The van der Waals surface area contributed by atoms with E-state index in [1.54, 1.807) is 18.2 Å². The molecule has 0 aliphatic rings. The molecule has 0 aliphatic carbocycles. The Morgan fingerprint density at radius 3 is 2.19 bits per heavy atom. The van der Waals surface area contributed by atoms with Crippen LogP contribution in [0.2, 0.25) is 0 Å². The number of hydrogen-bond donors (Lipinski definition) is 3. The first kappa shape index (κ1) is 22.7. The van der Waals surface area contributed by atoms with E-state index in [-0.39, 0.29) is 11.0 Å². The highest BCUT2D eigenvalue weighted by Crippen LogP contribution is 2.19. The van der Waals surface area contributed by atoms with E-state index in [0.29, 0.717) is 12.2 Å². The maximum atomic E-state index is 12.3. The zero-order chi connectivity index (χ0) is 22.8. The number of ether oxygens (including phenoxy) is 1. The molecule has 162 valence electrons. The average Bonchev–Trinajstić information content (AvgIpc) is 2.83. The number of carbonyl (C=O) groups excluding carboxylic acids is 2. The zero-order valence-electron chi connectivity index (χ0n) is 17.5. The summed E-state index contributed by atoms with van der Waals surface area (Å²) in [7, 11) is 0. The number of hydrogen-bond acceptors (Lipinski definition) is 4. The van der Waals surface area contributed by atoms with Crippen LogP contribution < -0.4 is 20.9 Å². The van der Waals surface area contributed by atoms with Crippen molar-refractivity contribution < 1.29 is 14.3 Å². The van der Waals surface area contributed by atoms with Gasteiger partial charge in [0.1, 0.15) is 5.75 Å². The predicted molar refractivity (Wildman–Crippen MR) is 130 cm³/mol. The van der Waals surface area contributed by atoms with Crippen molar-refractivity contribution in [3.8, 4) is 16.9 Å².